The van der Waals surface area contributed by atoms with Crippen LogP contribution in [0.15, 0.2) is 24.3 Å². The summed E-state index contributed by atoms with van der Waals surface area (Å²) >= 11 is 0. The van der Waals surface area contributed by atoms with Crippen molar-refractivity contribution in [3.8, 4) is 0 Å². The van der Waals surface area contributed by atoms with Crippen LogP contribution in [0.2, 0.25) is 0 Å². The molecule has 1 aromatic rings. The molecular formula is C14H21N3O2. The Kier molecular flexibility index (Phi) is 5.85. The van der Waals surface area contributed by atoms with Crippen molar-refractivity contribution in [1.29, 1.82) is 0 Å². The fourth-order valence-electron chi connectivity index (χ4n) is 1.58. The molecule has 1 atom stereocenters. The summed E-state index contributed by atoms with van der Waals surface area (Å²) in [6.45, 7) is 6.08. The van der Waals surface area contributed by atoms with E-state index in [1.54, 1.807) is 13.8 Å². The van der Waals surface area contributed by atoms with Crippen molar-refractivity contribution in [2.45, 2.75) is 33.2 Å². The monoisotopic (exact) mass is 263 g/mol. The normalized spacial score (nSPS) is 11.5. The number of rotatable bonds is 5. The van der Waals surface area contributed by atoms with Crippen molar-refractivity contribution >= 4 is 17.6 Å². The van der Waals surface area contributed by atoms with Gasteiger partial charge in [0.25, 0.3) is 0 Å². The van der Waals surface area contributed by atoms with E-state index in [9.17, 15) is 9.59 Å². The van der Waals surface area contributed by atoms with Crippen molar-refractivity contribution in [2.75, 3.05) is 11.9 Å². The van der Waals surface area contributed by atoms with E-state index in [1.807, 2.05) is 24.3 Å². The van der Waals surface area contributed by atoms with Gasteiger partial charge in [0.05, 0.1) is 0 Å². The number of anilines is 1. The summed E-state index contributed by atoms with van der Waals surface area (Å²) < 4.78 is 0. The Hall–Kier alpha value is -2.04. The molecule has 0 saturated carbocycles. The molecule has 0 aliphatic heterocycles. The number of aryl methyl sites for hydroxylation is 1. The number of amides is 3. The summed E-state index contributed by atoms with van der Waals surface area (Å²) in [5, 5.41) is 7.83. The SMILES string of the molecule is CCNC(=O)NC(=O)C(C)Nc1ccc(CC)cc1. The number of hydrogen-bond acceptors (Lipinski definition) is 3. The lowest BCUT2D eigenvalue weighted by Gasteiger charge is -2.15. The average molecular weight is 263 g/mol. The second kappa shape index (κ2) is 7.41. The number of benzene rings is 1. The maximum Gasteiger partial charge on any atom is 0.321 e. The Bertz CT molecular complexity index is 429. The molecule has 0 fully saturated rings. The number of urea groups is 1. The summed E-state index contributed by atoms with van der Waals surface area (Å²) in [6, 6.07) is 6.93. The van der Waals surface area contributed by atoms with Gasteiger partial charge in [0, 0.05) is 12.2 Å². The average Bonchev–Trinajstić information content (AvgIpc) is 2.39. The van der Waals surface area contributed by atoms with Gasteiger partial charge in [-0.05, 0) is 38.0 Å². The van der Waals surface area contributed by atoms with E-state index >= 15 is 0 Å². The smallest absolute Gasteiger partial charge is 0.321 e. The molecular weight excluding hydrogens is 242 g/mol. The summed E-state index contributed by atoms with van der Waals surface area (Å²) in [6.07, 6.45) is 0.980. The molecule has 0 heterocycles. The highest BCUT2D eigenvalue weighted by Crippen LogP contribution is 2.11. The Labute approximate surface area is 113 Å². The molecule has 5 nitrogen and oxygen atoms in total. The first-order chi connectivity index (χ1) is 9.06. The van der Waals surface area contributed by atoms with Crippen LogP contribution in [0.25, 0.3) is 0 Å². The molecule has 0 spiro atoms. The Morgan fingerprint density at radius 1 is 1.16 bits per heavy atom. The minimum Gasteiger partial charge on any atom is -0.374 e. The molecule has 1 aromatic carbocycles. The van der Waals surface area contributed by atoms with Crippen LogP contribution in [0.1, 0.15) is 26.3 Å². The van der Waals surface area contributed by atoms with E-state index < -0.39 is 12.1 Å². The van der Waals surface area contributed by atoms with Gasteiger partial charge in [-0.2, -0.15) is 0 Å². The zero-order valence-electron chi connectivity index (χ0n) is 11.6. The van der Waals surface area contributed by atoms with Gasteiger partial charge in [-0.25, -0.2) is 4.79 Å². The van der Waals surface area contributed by atoms with Crippen LogP contribution in [0, 0.1) is 0 Å². The third-order valence-electron chi connectivity index (χ3n) is 2.71. The van der Waals surface area contributed by atoms with Crippen LogP contribution in [0.5, 0.6) is 0 Å². The fraction of sp³-hybridized carbons (Fsp3) is 0.429. The zero-order valence-corrected chi connectivity index (χ0v) is 11.6. The molecule has 1 rings (SSSR count). The predicted octanol–water partition coefficient (Wildman–Crippen LogP) is 1.90. The lowest BCUT2D eigenvalue weighted by Crippen LogP contribution is -2.45. The lowest BCUT2D eigenvalue weighted by atomic mass is 10.1. The van der Waals surface area contributed by atoms with Crippen LogP contribution in [-0.2, 0) is 11.2 Å². The molecule has 3 N–H and O–H groups in total. The first-order valence-electron chi connectivity index (χ1n) is 6.51. The Morgan fingerprint density at radius 2 is 1.79 bits per heavy atom. The summed E-state index contributed by atoms with van der Waals surface area (Å²) in [5.41, 5.74) is 2.10. The van der Waals surface area contributed by atoms with Crippen molar-refractivity contribution in [3.05, 3.63) is 29.8 Å². The third kappa shape index (κ3) is 4.99. The summed E-state index contributed by atoms with van der Waals surface area (Å²) in [5.74, 6) is -0.356. The van der Waals surface area contributed by atoms with Crippen molar-refractivity contribution in [1.82, 2.24) is 10.6 Å². The molecule has 0 aliphatic carbocycles. The predicted molar refractivity (Wildman–Crippen MR) is 76.1 cm³/mol. The minimum absolute atomic E-state index is 0.356. The van der Waals surface area contributed by atoms with E-state index in [1.165, 1.54) is 5.56 Å². The molecule has 0 aromatic heterocycles. The standard InChI is InChI=1S/C14H21N3O2/c1-4-11-6-8-12(9-7-11)16-10(3)13(18)17-14(19)15-5-2/h6-10,16H,4-5H2,1-3H3,(H2,15,17,18,19). The van der Waals surface area contributed by atoms with Gasteiger partial charge < -0.3 is 10.6 Å². The topological polar surface area (TPSA) is 70.2 Å². The van der Waals surface area contributed by atoms with E-state index in [2.05, 4.69) is 22.9 Å². The van der Waals surface area contributed by atoms with Crippen LogP contribution in [0.4, 0.5) is 10.5 Å². The number of imide groups is 1. The number of carbonyl (C=O) groups is 2. The maximum absolute atomic E-state index is 11.7. The highest BCUT2D eigenvalue weighted by molar-refractivity contribution is 5.97. The molecule has 104 valence electrons. The van der Waals surface area contributed by atoms with Crippen LogP contribution in [0.3, 0.4) is 0 Å². The second-order valence-electron chi connectivity index (χ2n) is 4.27. The molecule has 0 radical (unpaired) electrons. The van der Waals surface area contributed by atoms with Crippen LogP contribution < -0.4 is 16.0 Å². The first kappa shape index (κ1) is 15.0. The van der Waals surface area contributed by atoms with E-state index in [0.717, 1.165) is 12.1 Å². The van der Waals surface area contributed by atoms with Crippen LogP contribution in [-0.4, -0.2) is 24.5 Å². The molecule has 0 saturated heterocycles. The highest BCUT2D eigenvalue weighted by atomic mass is 16.2. The van der Waals surface area contributed by atoms with Gasteiger partial charge in [0.15, 0.2) is 0 Å². The quantitative estimate of drug-likeness (QED) is 0.760. The van der Waals surface area contributed by atoms with Crippen molar-refractivity contribution in [2.24, 2.45) is 0 Å². The maximum atomic E-state index is 11.7. The summed E-state index contributed by atoms with van der Waals surface area (Å²) in [7, 11) is 0. The van der Waals surface area contributed by atoms with Gasteiger partial charge >= 0.3 is 6.03 Å². The van der Waals surface area contributed by atoms with Gasteiger partial charge in [0.2, 0.25) is 5.91 Å². The molecule has 0 aliphatic rings. The highest BCUT2D eigenvalue weighted by Gasteiger charge is 2.14. The van der Waals surface area contributed by atoms with Gasteiger partial charge in [0.1, 0.15) is 6.04 Å². The third-order valence-corrected chi connectivity index (χ3v) is 2.71. The lowest BCUT2D eigenvalue weighted by molar-refractivity contribution is -0.120. The Balaban J connectivity index is 2.50. The number of hydrogen-bond donors (Lipinski definition) is 3. The van der Waals surface area contributed by atoms with E-state index in [4.69, 9.17) is 0 Å². The fourth-order valence-corrected chi connectivity index (χ4v) is 1.58. The van der Waals surface area contributed by atoms with Crippen molar-refractivity contribution in [3.63, 3.8) is 0 Å². The van der Waals surface area contributed by atoms with E-state index in [0.29, 0.717) is 6.54 Å². The number of carbonyl (C=O) groups excluding carboxylic acids is 2. The van der Waals surface area contributed by atoms with Crippen molar-refractivity contribution < 1.29 is 9.59 Å². The largest absolute Gasteiger partial charge is 0.374 e. The van der Waals surface area contributed by atoms with Gasteiger partial charge in [-0.1, -0.05) is 19.1 Å². The first-order valence-corrected chi connectivity index (χ1v) is 6.51. The van der Waals surface area contributed by atoms with Gasteiger partial charge in [-0.3, -0.25) is 10.1 Å². The van der Waals surface area contributed by atoms with E-state index in [-0.39, 0.29) is 5.91 Å². The molecule has 3 amide bonds. The van der Waals surface area contributed by atoms with Gasteiger partial charge in [-0.15, -0.1) is 0 Å². The Morgan fingerprint density at radius 3 is 2.32 bits per heavy atom. The molecule has 1 unspecified atom stereocenters. The molecule has 0 bridgehead atoms. The number of nitrogens with one attached hydrogen (secondary N) is 3. The molecule has 19 heavy (non-hydrogen) atoms. The molecule has 5 heteroatoms. The minimum atomic E-state index is -0.477. The summed E-state index contributed by atoms with van der Waals surface area (Å²) in [4.78, 5) is 22.9. The second-order valence-corrected chi connectivity index (χ2v) is 4.27. The van der Waals surface area contributed by atoms with Crippen LogP contribution >= 0.6 is 0 Å². The zero-order chi connectivity index (χ0) is 14.3.